The summed E-state index contributed by atoms with van der Waals surface area (Å²) in [5.41, 5.74) is 4.59. The van der Waals surface area contributed by atoms with Crippen LogP contribution in [0.4, 0.5) is 5.69 Å². The maximum absolute atomic E-state index is 12.8. The average molecular weight is 390 g/mol. The van der Waals surface area contributed by atoms with Crippen molar-refractivity contribution in [2.75, 3.05) is 5.73 Å². The van der Waals surface area contributed by atoms with Crippen LogP contribution in [0.1, 0.15) is 57.0 Å². The van der Waals surface area contributed by atoms with Gasteiger partial charge in [-0.1, -0.05) is 34.6 Å². The van der Waals surface area contributed by atoms with Gasteiger partial charge < -0.3 is 15.5 Å². The fourth-order valence-electron chi connectivity index (χ4n) is 2.43. The number of aryl methyl sites for hydroxylation is 1. The van der Waals surface area contributed by atoms with Gasteiger partial charge in [0.2, 0.25) is 17.6 Å². The van der Waals surface area contributed by atoms with E-state index >= 15 is 0 Å². The molecule has 2 rings (SSSR count). The number of hydrogen-bond acceptors (Lipinski definition) is 8. The average Bonchev–Trinajstić information content (AvgIpc) is 3.09. The highest BCUT2D eigenvalue weighted by Crippen LogP contribution is 2.21. The number of hydrogen-bond donors (Lipinski definition) is 2. The van der Waals surface area contributed by atoms with E-state index < -0.39 is 28.7 Å². The molecule has 2 aromatic heterocycles. The van der Waals surface area contributed by atoms with E-state index in [1.807, 2.05) is 20.8 Å². The van der Waals surface area contributed by atoms with Crippen LogP contribution in [0.25, 0.3) is 0 Å². The Hall–Kier alpha value is -3.04. The molecule has 152 valence electrons. The topological polar surface area (TPSA) is 146 Å². The van der Waals surface area contributed by atoms with Gasteiger partial charge in [0.25, 0.3) is 11.4 Å². The number of rotatable bonds is 6. The van der Waals surface area contributed by atoms with Gasteiger partial charge in [-0.15, -0.1) is 10.2 Å². The standard InChI is InChI=1S/C18H26N6O4/c1-9(2)13(14(26)15-22-23-17(28-15)18(4,5)6)21-12(25)8-24-10(3)20-7-11(19)16(24)27/h7,9,13H,8,19H2,1-6H3,(H,21,25). The Bertz CT molecular complexity index is 938. The molecule has 0 aliphatic rings. The SMILES string of the molecule is Cc1ncc(N)c(=O)n1CC(=O)NC(C(=O)c1nnc(C(C)(C)C)o1)C(C)C. The third kappa shape index (κ3) is 4.62. The van der Waals surface area contributed by atoms with Crippen molar-refractivity contribution >= 4 is 17.4 Å². The van der Waals surface area contributed by atoms with Gasteiger partial charge in [-0.3, -0.25) is 19.0 Å². The van der Waals surface area contributed by atoms with Crippen LogP contribution in [0.2, 0.25) is 0 Å². The molecule has 10 heteroatoms. The quantitative estimate of drug-likeness (QED) is 0.690. The van der Waals surface area contributed by atoms with E-state index in [0.29, 0.717) is 11.7 Å². The first-order valence-electron chi connectivity index (χ1n) is 8.91. The number of amides is 1. The lowest BCUT2D eigenvalue weighted by Crippen LogP contribution is -2.46. The van der Waals surface area contributed by atoms with Crippen LogP contribution in [0.5, 0.6) is 0 Å². The highest BCUT2D eigenvalue weighted by atomic mass is 16.4. The van der Waals surface area contributed by atoms with Crippen LogP contribution in [-0.2, 0) is 16.8 Å². The van der Waals surface area contributed by atoms with Gasteiger partial charge in [0.1, 0.15) is 18.1 Å². The number of anilines is 1. The molecule has 0 bridgehead atoms. The van der Waals surface area contributed by atoms with Crippen molar-refractivity contribution in [2.24, 2.45) is 5.92 Å². The summed E-state index contributed by atoms with van der Waals surface area (Å²) in [6.07, 6.45) is 1.24. The molecule has 0 aliphatic heterocycles. The number of carbonyl (C=O) groups excluding carboxylic acids is 2. The number of nitrogens with zero attached hydrogens (tertiary/aromatic N) is 4. The molecule has 2 heterocycles. The zero-order chi connectivity index (χ0) is 21.2. The summed E-state index contributed by atoms with van der Waals surface area (Å²) in [6, 6.07) is -0.884. The van der Waals surface area contributed by atoms with Crippen molar-refractivity contribution in [3.8, 4) is 0 Å². The lowest BCUT2D eigenvalue weighted by atomic mass is 9.97. The van der Waals surface area contributed by atoms with Gasteiger partial charge in [0.15, 0.2) is 0 Å². The first-order chi connectivity index (χ1) is 12.9. The number of carbonyl (C=O) groups is 2. The Morgan fingerprint density at radius 1 is 1.29 bits per heavy atom. The molecule has 0 fully saturated rings. The normalized spacial score (nSPS) is 12.8. The van der Waals surface area contributed by atoms with Gasteiger partial charge in [0, 0.05) is 5.41 Å². The molecule has 28 heavy (non-hydrogen) atoms. The second kappa shape index (κ2) is 7.91. The molecular formula is C18H26N6O4. The van der Waals surface area contributed by atoms with E-state index in [1.54, 1.807) is 20.8 Å². The molecule has 0 saturated heterocycles. The number of nitrogens with one attached hydrogen (secondary N) is 1. The summed E-state index contributed by atoms with van der Waals surface area (Å²) < 4.78 is 6.64. The second-order valence-electron chi connectivity index (χ2n) is 7.97. The number of ketones is 1. The largest absolute Gasteiger partial charge is 0.418 e. The van der Waals surface area contributed by atoms with Gasteiger partial charge in [-0.2, -0.15) is 0 Å². The van der Waals surface area contributed by atoms with Crippen LogP contribution in [0.3, 0.4) is 0 Å². The van der Waals surface area contributed by atoms with Crippen molar-refractivity contribution in [1.29, 1.82) is 0 Å². The molecule has 0 aromatic carbocycles. The van der Waals surface area contributed by atoms with Gasteiger partial charge >= 0.3 is 0 Å². The van der Waals surface area contributed by atoms with Crippen molar-refractivity contribution in [1.82, 2.24) is 25.1 Å². The van der Waals surface area contributed by atoms with Crippen molar-refractivity contribution < 1.29 is 14.0 Å². The molecule has 0 saturated carbocycles. The number of aromatic nitrogens is 4. The molecule has 1 atom stereocenters. The van der Waals surface area contributed by atoms with E-state index in [-0.39, 0.29) is 24.0 Å². The molecule has 1 unspecified atom stereocenters. The fourth-order valence-corrected chi connectivity index (χ4v) is 2.43. The minimum Gasteiger partial charge on any atom is -0.418 e. The van der Waals surface area contributed by atoms with E-state index in [9.17, 15) is 14.4 Å². The Labute approximate surface area is 162 Å². The molecule has 0 radical (unpaired) electrons. The highest BCUT2D eigenvalue weighted by molar-refractivity contribution is 5.98. The van der Waals surface area contributed by atoms with Crippen LogP contribution in [-0.4, -0.2) is 37.5 Å². The molecule has 1 amide bonds. The first kappa shape index (κ1) is 21.3. The van der Waals surface area contributed by atoms with Crippen LogP contribution in [0, 0.1) is 12.8 Å². The van der Waals surface area contributed by atoms with Crippen LogP contribution in [0.15, 0.2) is 15.4 Å². The van der Waals surface area contributed by atoms with E-state index in [0.717, 1.165) is 4.57 Å². The number of nitrogens with two attached hydrogens (primary N) is 1. The van der Waals surface area contributed by atoms with Gasteiger partial charge in [-0.25, -0.2) is 4.98 Å². The zero-order valence-electron chi connectivity index (χ0n) is 16.9. The Balaban J connectivity index is 2.20. The molecule has 0 aliphatic carbocycles. The lowest BCUT2D eigenvalue weighted by molar-refractivity contribution is -0.122. The smallest absolute Gasteiger partial charge is 0.286 e. The molecular weight excluding hydrogens is 364 g/mol. The van der Waals surface area contributed by atoms with Gasteiger partial charge in [-0.05, 0) is 12.8 Å². The summed E-state index contributed by atoms with van der Waals surface area (Å²) in [5, 5.41) is 10.4. The van der Waals surface area contributed by atoms with Crippen molar-refractivity contribution in [3.63, 3.8) is 0 Å². The molecule has 3 N–H and O–H groups in total. The summed E-state index contributed by atoms with van der Waals surface area (Å²) in [4.78, 5) is 41.4. The van der Waals surface area contributed by atoms with E-state index in [4.69, 9.17) is 10.2 Å². The minimum absolute atomic E-state index is 0.0598. The Morgan fingerprint density at radius 3 is 2.46 bits per heavy atom. The molecule has 10 nitrogen and oxygen atoms in total. The van der Waals surface area contributed by atoms with Crippen molar-refractivity contribution in [2.45, 2.75) is 59.5 Å². The predicted molar refractivity (Wildman–Crippen MR) is 102 cm³/mol. The summed E-state index contributed by atoms with van der Waals surface area (Å²) in [7, 11) is 0. The van der Waals surface area contributed by atoms with Crippen LogP contribution < -0.4 is 16.6 Å². The Kier molecular flexibility index (Phi) is 6.01. The summed E-state index contributed by atoms with van der Waals surface area (Å²) in [6.45, 7) is 10.5. The number of nitrogen functional groups attached to an aromatic ring is 1. The lowest BCUT2D eigenvalue weighted by Gasteiger charge is -2.20. The summed E-state index contributed by atoms with van der Waals surface area (Å²) >= 11 is 0. The maximum Gasteiger partial charge on any atom is 0.286 e. The maximum atomic E-state index is 12.8. The zero-order valence-corrected chi connectivity index (χ0v) is 16.9. The Morgan fingerprint density at radius 2 is 1.93 bits per heavy atom. The monoisotopic (exact) mass is 390 g/mol. The third-order valence-electron chi connectivity index (χ3n) is 4.12. The minimum atomic E-state index is -0.884. The highest BCUT2D eigenvalue weighted by Gasteiger charge is 2.31. The second-order valence-corrected chi connectivity index (χ2v) is 7.97. The fraction of sp³-hybridized carbons (Fsp3) is 0.556. The molecule has 0 spiro atoms. The predicted octanol–water partition coefficient (Wildman–Crippen LogP) is 0.838. The van der Waals surface area contributed by atoms with Gasteiger partial charge in [0.05, 0.1) is 12.2 Å². The van der Waals surface area contributed by atoms with Crippen LogP contribution >= 0.6 is 0 Å². The number of Topliss-reactive ketones (excluding diaryl/α,β-unsaturated/α-hetero) is 1. The van der Waals surface area contributed by atoms with E-state index in [1.165, 1.54) is 6.20 Å². The summed E-state index contributed by atoms with van der Waals surface area (Å²) in [5.74, 6) is -0.742. The third-order valence-corrected chi connectivity index (χ3v) is 4.12. The molecule has 2 aromatic rings. The first-order valence-corrected chi connectivity index (χ1v) is 8.91. The van der Waals surface area contributed by atoms with E-state index in [2.05, 4.69) is 20.5 Å². The van der Waals surface area contributed by atoms with Crippen molar-refractivity contribution in [3.05, 3.63) is 34.2 Å².